The van der Waals surface area contributed by atoms with Crippen LogP contribution in [0.3, 0.4) is 0 Å². The van der Waals surface area contributed by atoms with Crippen molar-refractivity contribution in [1.29, 1.82) is 0 Å². The molecule has 0 fully saturated rings. The van der Waals surface area contributed by atoms with E-state index >= 15 is 0 Å². The Morgan fingerprint density at radius 2 is 1.66 bits per heavy atom. The molecule has 2 aromatic rings. The molecule has 1 atom stereocenters. The van der Waals surface area contributed by atoms with Crippen LogP contribution in [0.25, 0.3) is 0 Å². The van der Waals surface area contributed by atoms with Crippen molar-refractivity contribution in [3.63, 3.8) is 0 Å². The molecule has 0 amide bonds. The van der Waals surface area contributed by atoms with Gasteiger partial charge in [-0.25, -0.2) is 13.1 Å². The third-order valence-corrected chi connectivity index (χ3v) is 7.05. The van der Waals surface area contributed by atoms with E-state index in [2.05, 4.69) is 30.2 Å². The normalized spacial score (nSPS) is 13.0. The molecule has 5 nitrogen and oxygen atoms in total. The maximum absolute atomic E-state index is 13.0. The number of carbonyl (C=O) groups is 1. The fraction of sp³-hybridized carbons (Fsp3) is 0.480. The first-order chi connectivity index (χ1) is 15.0. The predicted molar refractivity (Wildman–Crippen MR) is 129 cm³/mol. The van der Waals surface area contributed by atoms with Gasteiger partial charge in [0.15, 0.2) is 0 Å². The van der Waals surface area contributed by atoms with Gasteiger partial charge in [-0.15, -0.1) is 0 Å². The fourth-order valence-corrected chi connectivity index (χ4v) is 4.74. The Balaban J connectivity index is 2.12. The maximum Gasteiger partial charge on any atom is 0.305 e. The number of aryl methyl sites for hydroxylation is 1. The highest BCUT2D eigenvalue weighted by molar-refractivity contribution is 7.89. The predicted octanol–water partition coefficient (Wildman–Crippen LogP) is 6.07. The second-order valence-corrected chi connectivity index (χ2v) is 11.4. The van der Waals surface area contributed by atoms with Crippen LogP contribution in [-0.2, 0) is 26.0 Å². The van der Waals surface area contributed by atoms with Crippen molar-refractivity contribution in [2.75, 3.05) is 7.11 Å². The minimum Gasteiger partial charge on any atom is -0.469 e. The molecular formula is C25H34ClNO4S. The second-order valence-electron chi connectivity index (χ2n) is 9.25. The van der Waals surface area contributed by atoms with Crippen LogP contribution in [0.5, 0.6) is 0 Å². The highest BCUT2D eigenvalue weighted by Gasteiger charge is 2.23. The van der Waals surface area contributed by atoms with Gasteiger partial charge in [0.1, 0.15) is 0 Å². The largest absolute Gasteiger partial charge is 0.469 e. The molecule has 176 valence electrons. The molecule has 0 aliphatic rings. The first-order valence-electron chi connectivity index (χ1n) is 10.9. The van der Waals surface area contributed by atoms with E-state index in [1.165, 1.54) is 19.2 Å². The molecule has 2 aromatic carbocycles. The van der Waals surface area contributed by atoms with Gasteiger partial charge in [-0.2, -0.15) is 0 Å². The number of carbonyl (C=O) groups excluding carboxylic acids is 1. The lowest BCUT2D eigenvalue weighted by Gasteiger charge is -2.24. The van der Waals surface area contributed by atoms with E-state index in [0.717, 1.165) is 36.8 Å². The molecule has 0 spiro atoms. The number of rotatable bonds is 11. The summed E-state index contributed by atoms with van der Waals surface area (Å²) in [4.78, 5) is 11.4. The van der Waals surface area contributed by atoms with Gasteiger partial charge in [0.2, 0.25) is 10.0 Å². The first-order valence-corrected chi connectivity index (χ1v) is 12.8. The van der Waals surface area contributed by atoms with E-state index in [-0.39, 0.29) is 22.3 Å². The summed E-state index contributed by atoms with van der Waals surface area (Å²) in [7, 11) is -2.28. The van der Waals surface area contributed by atoms with Crippen LogP contribution in [0, 0.1) is 5.41 Å². The standard InChI is InChI=1S/C25H34ClNO4S/c1-25(2,3)18-17-23(27-32(29,30)22-15-13-21(26)14-16-22)20-11-9-19(10-12-20)7-5-6-8-24(28)31-4/h9-16,23,27H,5-8,17-18H2,1-4H3. The molecule has 0 aromatic heterocycles. The van der Waals surface area contributed by atoms with Crippen molar-refractivity contribution < 1.29 is 17.9 Å². The Hall–Kier alpha value is -1.89. The zero-order valence-electron chi connectivity index (χ0n) is 19.4. The van der Waals surface area contributed by atoms with Crippen LogP contribution >= 0.6 is 11.6 Å². The Labute approximate surface area is 197 Å². The Morgan fingerprint density at radius 1 is 1.03 bits per heavy atom. The van der Waals surface area contributed by atoms with Crippen LogP contribution in [0.4, 0.5) is 0 Å². The first kappa shape index (κ1) is 26.4. The van der Waals surface area contributed by atoms with Crippen LogP contribution in [0.1, 0.15) is 70.0 Å². The average molecular weight is 480 g/mol. The van der Waals surface area contributed by atoms with Gasteiger partial charge >= 0.3 is 5.97 Å². The van der Waals surface area contributed by atoms with E-state index in [0.29, 0.717) is 17.9 Å². The molecule has 0 saturated carbocycles. The van der Waals surface area contributed by atoms with Crippen molar-refractivity contribution in [2.24, 2.45) is 5.41 Å². The zero-order valence-corrected chi connectivity index (χ0v) is 20.9. The third kappa shape index (κ3) is 8.93. The monoisotopic (exact) mass is 479 g/mol. The molecule has 2 rings (SSSR count). The van der Waals surface area contributed by atoms with E-state index in [1.807, 2.05) is 24.3 Å². The Kier molecular flexibility index (Phi) is 9.74. The lowest BCUT2D eigenvalue weighted by molar-refractivity contribution is -0.140. The summed E-state index contributed by atoms with van der Waals surface area (Å²) < 4.78 is 33.5. The molecule has 0 heterocycles. The number of sulfonamides is 1. The minimum atomic E-state index is -3.68. The highest BCUT2D eigenvalue weighted by Crippen LogP contribution is 2.29. The minimum absolute atomic E-state index is 0.0868. The second kappa shape index (κ2) is 11.8. The number of nitrogens with one attached hydrogen (secondary N) is 1. The number of ether oxygens (including phenoxy) is 1. The smallest absolute Gasteiger partial charge is 0.305 e. The third-order valence-electron chi connectivity index (χ3n) is 5.31. The van der Waals surface area contributed by atoms with Crippen molar-refractivity contribution in [1.82, 2.24) is 4.72 Å². The van der Waals surface area contributed by atoms with E-state index in [1.54, 1.807) is 12.1 Å². The SMILES string of the molecule is COC(=O)CCCCc1ccc(C(CCC(C)(C)C)NS(=O)(=O)c2ccc(Cl)cc2)cc1. The van der Waals surface area contributed by atoms with Gasteiger partial charge in [0.25, 0.3) is 0 Å². The van der Waals surface area contributed by atoms with Crippen LogP contribution in [0.15, 0.2) is 53.4 Å². The van der Waals surface area contributed by atoms with Gasteiger partial charge in [0, 0.05) is 17.5 Å². The number of hydrogen-bond donors (Lipinski definition) is 1. The zero-order chi connectivity index (χ0) is 23.8. The quantitative estimate of drug-likeness (QED) is 0.313. The summed E-state index contributed by atoms with van der Waals surface area (Å²) in [6, 6.07) is 13.9. The summed E-state index contributed by atoms with van der Waals surface area (Å²) in [6.45, 7) is 6.44. The van der Waals surface area contributed by atoms with Crippen LogP contribution in [0.2, 0.25) is 5.02 Å². The van der Waals surface area contributed by atoms with Gasteiger partial charge in [-0.1, -0.05) is 56.6 Å². The molecule has 7 heteroatoms. The number of unbranched alkanes of at least 4 members (excludes halogenated alkanes) is 1. The van der Waals surface area contributed by atoms with Gasteiger partial charge < -0.3 is 4.74 Å². The van der Waals surface area contributed by atoms with Crippen molar-refractivity contribution in [2.45, 2.75) is 70.2 Å². The molecule has 1 N–H and O–H groups in total. The highest BCUT2D eigenvalue weighted by atomic mass is 35.5. The molecule has 0 bridgehead atoms. The average Bonchev–Trinajstić information content (AvgIpc) is 2.74. The molecular weight excluding hydrogens is 446 g/mol. The summed E-state index contributed by atoms with van der Waals surface area (Å²) >= 11 is 5.91. The van der Waals surface area contributed by atoms with Gasteiger partial charge in [-0.3, -0.25) is 4.79 Å². The fourth-order valence-electron chi connectivity index (χ4n) is 3.36. The summed E-state index contributed by atoms with van der Waals surface area (Å²) in [5.41, 5.74) is 2.18. The summed E-state index contributed by atoms with van der Waals surface area (Å²) in [5.74, 6) is -0.185. The molecule has 0 aliphatic carbocycles. The molecule has 0 radical (unpaired) electrons. The molecule has 32 heavy (non-hydrogen) atoms. The molecule has 1 unspecified atom stereocenters. The van der Waals surface area contributed by atoms with Gasteiger partial charge in [0.05, 0.1) is 12.0 Å². The number of halogens is 1. The number of esters is 1. The van der Waals surface area contributed by atoms with Gasteiger partial charge in [-0.05, 0) is 72.9 Å². The van der Waals surface area contributed by atoms with E-state index in [4.69, 9.17) is 11.6 Å². The van der Waals surface area contributed by atoms with E-state index in [9.17, 15) is 13.2 Å². The van der Waals surface area contributed by atoms with E-state index < -0.39 is 10.0 Å². The molecule has 0 saturated heterocycles. The van der Waals surface area contributed by atoms with Crippen LogP contribution in [-0.4, -0.2) is 21.5 Å². The lowest BCUT2D eigenvalue weighted by Crippen LogP contribution is -2.29. The molecule has 0 aliphatic heterocycles. The topological polar surface area (TPSA) is 72.5 Å². The van der Waals surface area contributed by atoms with Crippen molar-refractivity contribution in [3.8, 4) is 0 Å². The Bertz CT molecular complexity index is 964. The number of methoxy groups -OCH3 is 1. The lowest BCUT2D eigenvalue weighted by atomic mass is 9.87. The van der Waals surface area contributed by atoms with Crippen molar-refractivity contribution in [3.05, 3.63) is 64.7 Å². The van der Waals surface area contributed by atoms with Crippen LogP contribution < -0.4 is 4.72 Å². The number of benzene rings is 2. The summed E-state index contributed by atoms with van der Waals surface area (Å²) in [6.07, 6.45) is 4.52. The summed E-state index contributed by atoms with van der Waals surface area (Å²) in [5, 5.41) is 0.496. The Morgan fingerprint density at radius 3 is 2.22 bits per heavy atom. The maximum atomic E-state index is 13.0. The number of hydrogen-bond acceptors (Lipinski definition) is 4. The van der Waals surface area contributed by atoms with Crippen molar-refractivity contribution >= 4 is 27.6 Å².